The van der Waals surface area contributed by atoms with E-state index in [1.165, 1.54) is 6.08 Å². The molecule has 0 saturated carbocycles. The van der Waals surface area contributed by atoms with Gasteiger partial charge in [-0.3, -0.25) is 14.4 Å². The molecule has 180 valence electrons. The third kappa shape index (κ3) is 6.60. The number of amides is 3. The van der Waals surface area contributed by atoms with Crippen LogP contribution in [0.4, 0.5) is 5.69 Å². The summed E-state index contributed by atoms with van der Waals surface area (Å²) in [6, 6.07) is 13.9. The number of nitrogens with zero attached hydrogens (tertiary/aromatic N) is 1. The summed E-state index contributed by atoms with van der Waals surface area (Å²) in [5.41, 5.74) is 1.48. The lowest BCUT2D eigenvalue weighted by Crippen LogP contribution is -2.50. The average molecular weight is 466 g/mol. The second-order valence-corrected chi connectivity index (χ2v) is 8.13. The molecule has 1 saturated heterocycles. The van der Waals surface area contributed by atoms with Crippen molar-refractivity contribution in [3.63, 3.8) is 0 Å². The van der Waals surface area contributed by atoms with E-state index in [1.807, 2.05) is 36.4 Å². The lowest BCUT2D eigenvalue weighted by atomic mass is 9.95. The topological polar surface area (TPSA) is 97.0 Å². The van der Waals surface area contributed by atoms with Crippen LogP contribution in [0.2, 0.25) is 0 Å². The number of anilines is 1. The highest BCUT2D eigenvalue weighted by molar-refractivity contribution is 5.96. The summed E-state index contributed by atoms with van der Waals surface area (Å²) in [4.78, 5) is 39.4. The average Bonchev–Trinajstić information content (AvgIpc) is 2.87. The predicted octanol–water partition coefficient (Wildman–Crippen LogP) is 3.10. The molecule has 0 aliphatic carbocycles. The Morgan fingerprint density at radius 1 is 1.00 bits per heavy atom. The van der Waals surface area contributed by atoms with Crippen LogP contribution < -0.4 is 20.1 Å². The third-order valence-corrected chi connectivity index (χ3v) is 5.81. The second-order valence-electron chi connectivity index (χ2n) is 8.13. The number of nitrogens with one attached hydrogen (secondary N) is 2. The summed E-state index contributed by atoms with van der Waals surface area (Å²) in [6.07, 6.45) is 4.20. The molecular weight excluding hydrogens is 434 g/mol. The van der Waals surface area contributed by atoms with Crippen molar-refractivity contribution in [3.8, 4) is 11.5 Å². The Morgan fingerprint density at radius 3 is 2.32 bits per heavy atom. The van der Waals surface area contributed by atoms with Crippen LogP contribution in [0.15, 0.2) is 54.6 Å². The Morgan fingerprint density at radius 2 is 1.68 bits per heavy atom. The quantitative estimate of drug-likeness (QED) is 0.584. The standard InChI is InChI=1S/C26H31N3O5/c1-18(27-24(30)13-10-19-8-11-21(33-2)12-9-19)26(32)29-16-14-20(15-17-29)25(31)28-22-6-4-5-7-23(22)34-3/h4-13,18,20H,14-17H2,1-3H3,(H,27,30)(H,28,31)/b13-10+. The molecule has 1 atom stereocenters. The van der Waals surface area contributed by atoms with Gasteiger partial charge in [-0.15, -0.1) is 0 Å². The van der Waals surface area contributed by atoms with Crippen molar-refractivity contribution in [3.05, 3.63) is 60.2 Å². The fourth-order valence-electron chi connectivity index (χ4n) is 3.83. The maximum Gasteiger partial charge on any atom is 0.244 e. The smallest absolute Gasteiger partial charge is 0.244 e. The Labute approximate surface area is 199 Å². The van der Waals surface area contributed by atoms with E-state index in [1.54, 1.807) is 44.3 Å². The number of hydrogen-bond acceptors (Lipinski definition) is 5. The van der Waals surface area contributed by atoms with E-state index in [-0.39, 0.29) is 23.6 Å². The first-order valence-corrected chi connectivity index (χ1v) is 11.3. The highest BCUT2D eigenvalue weighted by Gasteiger charge is 2.30. The van der Waals surface area contributed by atoms with Crippen LogP contribution in [0.3, 0.4) is 0 Å². The van der Waals surface area contributed by atoms with Crippen LogP contribution >= 0.6 is 0 Å². The summed E-state index contributed by atoms with van der Waals surface area (Å²) in [5.74, 6) is 0.571. The lowest BCUT2D eigenvalue weighted by Gasteiger charge is -2.33. The van der Waals surface area contributed by atoms with Gasteiger partial charge in [0, 0.05) is 25.1 Å². The van der Waals surface area contributed by atoms with E-state index >= 15 is 0 Å². The van der Waals surface area contributed by atoms with E-state index in [9.17, 15) is 14.4 Å². The molecule has 3 amide bonds. The molecule has 1 aliphatic heterocycles. The molecule has 8 nitrogen and oxygen atoms in total. The van der Waals surface area contributed by atoms with Crippen LogP contribution in [0.1, 0.15) is 25.3 Å². The number of para-hydroxylation sites is 2. The molecule has 2 N–H and O–H groups in total. The number of rotatable bonds is 8. The number of ether oxygens (including phenoxy) is 2. The van der Waals surface area contributed by atoms with Gasteiger partial charge in [0.25, 0.3) is 0 Å². The van der Waals surface area contributed by atoms with Gasteiger partial charge in [-0.25, -0.2) is 0 Å². The number of piperidine rings is 1. The monoisotopic (exact) mass is 465 g/mol. The zero-order chi connectivity index (χ0) is 24.5. The van der Waals surface area contributed by atoms with Gasteiger partial charge < -0.3 is 25.0 Å². The third-order valence-electron chi connectivity index (χ3n) is 5.81. The minimum absolute atomic E-state index is 0.0818. The van der Waals surface area contributed by atoms with Crippen LogP contribution in [0.25, 0.3) is 6.08 Å². The summed E-state index contributed by atoms with van der Waals surface area (Å²) < 4.78 is 10.4. The van der Waals surface area contributed by atoms with Gasteiger partial charge >= 0.3 is 0 Å². The molecule has 1 heterocycles. The molecular formula is C26H31N3O5. The maximum atomic E-state index is 12.8. The van der Waals surface area contributed by atoms with Crippen LogP contribution in [0.5, 0.6) is 11.5 Å². The normalized spacial score (nSPS) is 15.0. The van der Waals surface area contributed by atoms with Crippen molar-refractivity contribution in [2.75, 3.05) is 32.6 Å². The first-order chi connectivity index (χ1) is 16.4. The number of carbonyl (C=O) groups is 3. The van der Waals surface area contributed by atoms with Crippen molar-refractivity contribution in [1.29, 1.82) is 0 Å². The molecule has 0 radical (unpaired) electrons. The zero-order valence-electron chi connectivity index (χ0n) is 19.7. The second kappa shape index (κ2) is 11.9. The molecule has 1 unspecified atom stereocenters. The minimum atomic E-state index is -0.660. The molecule has 0 bridgehead atoms. The number of benzene rings is 2. The first-order valence-electron chi connectivity index (χ1n) is 11.3. The highest BCUT2D eigenvalue weighted by Crippen LogP contribution is 2.26. The summed E-state index contributed by atoms with van der Waals surface area (Å²) in [7, 11) is 3.15. The predicted molar refractivity (Wildman–Crippen MR) is 131 cm³/mol. The molecule has 1 fully saturated rings. The summed E-state index contributed by atoms with van der Waals surface area (Å²) >= 11 is 0. The number of carbonyl (C=O) groups excluding carboxylic acids is 3. The highest BCUT2D eigenvalue weighted by atomic mass is 16.5. The zero-order valence-corrected chi connectivity index (χ0v) is 19.7. The van der Waals surface area contributed by atoms with Gasteiger partial charge in [0.1, 0.15) is 17.5 Å². The summed E-state index contributed by atoms with van der Waals surface area (Å²) in [6.45, 7) is 2.59. The van der Waals surface area contributed by atoms with Crippen LogP contribution in [-0.2, 0) is 14.4 Å². The SMILES string of the molecule is COc1ccc(/C=C/C(=O)NC(C)C(=O)N2CCC(C(=O)Nc3ccccc3OC)CC2)cc1. The van der Waals surface area contributed by atoms with Crippen molar-refractivity contribution < 1.29 is 23.9 Å². The molecule has 2 aromatic rings. The van der Waals surface area contributed by atoms with Gasteiger partial charge in [0.2, 0.25) is 17.7 Å². The minimum Gasteiger partial charge on any atom is -0.497 e. The lowest BCUT2D eigenvalue weighted by molar-refractivity contribution is -0.137. The van der Waals surface area contributed by atoms with Gasteiger partial charge in [0.05, 0.1) is 19.9 Å². The fourth-order valence-corrected chi connectivity index (χ4v) is 3.83. The molecule has 8 heteroatoms. The molecule has 3 rings (SSSR count). The van der Waals surface area contributed by atoms with E-state index in [0.717, 1.165) is 11.3 Å². The van der Waals surface area contributed by atoms with E-state index in [4.69, 9.17) is 9.47 Å². The molecule has 1 aliphatic rings. The van der Waals surface area contributed by atoms with Gasteiger partial charge in [-0.1, -0.05) is 24.3 Å². The van der Waals surface area contributed by atoms with Crippen LogP contribution in [0, 0.1) is 5.92 Å². The Hall–Kier alpha value is -3.81. The number of likely N-dealkylation sites (tertiary alicyclic amines) is 1. The number of hydrogen-bond donors (Lipinski definition) is 2. The first kappa shape index (κ1) is 24.8. The van der Waals surface area contributed by atoms with Gasteiger partial charge in [0.15, 0.2) is 0 Å². The Kier molecular flexibility index (Phi) is 8.67. The number of methoxy groups -OCH3 is 2. The van der Waals surface area contributed by atoms with E-state index in [0.29, 0.717) is 37.4 Å². The van der Waals surface area contributed by atoms with Crippen molar-refractivity contribution >= 4 is 29.5 Å². The largest absolute Gasteiger partial charge is 0.497 e. The Bertz CT molecular complexity index is 1030. The molecule has 2 aromatic carbocycles. The van der Waals surface area contributed by atoms with Crippen molar-refractivity contribution in [2.24, 2.45) is 5.92 Å². The van der Waals surface area contributed by atoms with Crippen molar-refractivity contribution in [1.82, 2.24) is 10.2 Å². The molecule has 0 aromatic heterocycles. The Balaban J connectivity index is 1.46. The fraction of sp³-hybridized carbons (Fsp3) is 0.346. The summed E-state index contributed by atoms with van der Waals surface area (Å²) in [5, 5.41) is 5.63. The van der Waals surface area contributed by atoms with Crippen molar-refractivity contribution in [2.45, 2.75) is 25.8 Å². The molecule has 34 heavy (non-hydrogen) atoms. The van der Waals surface area contributed by atoms with Gasteiger partial charge in [-0.2, -0.15) is 0 Å². The van der Waals surface area contributed by atoms with Crippen LogP contribution in [-0.4, -0.2) is 56.0 Å². The maximum absolute atomic E-state index is 12.8. The van der Waals surface area contributed by atoms with E-state index < -0.39 is 6.04 Å². The van der Waals surface area contributed by atoms with E-state index in [2.05, 4.69) is 10.6 Å². The molecule has 0 spiro atoms. The van der Waals surface area contributed by atoms with Gasteiger partial charge in [-0.05, 0) is 55.7 Å².